The number of anilines is 1. The molecule has 8 heteroatoms. The number of piperazine rings is 1. The summed E-state index contributed by atoms with van der Waals surface area (Å²) >= 11 is 0. The van der Waals surface area contributed by atoms with Crippen LogP contribution in [-0.2, 0) is 17.9 Å². The fourth-order valence-corrected chi connectivity index (χ4v) is 3.42. The van der Waals surface area contributed by atoms with E-state index in [1.165, 1.54) is 6.20 Å². The van der Waals surface area contributed by atoms with E-state index < -0.39 is 0 Å². The van der Waals surface area contributed by atoms with E-state index in [4.69, 9.17) is 0 Å². The van der Waals surface area contributed by atoms with Gasteiger partial charge in [0.2, 0.25) is 11.3 Å². The van der Waals surface area contributed by atoms with Crippen LogP contribution >= 0.6 is 0 Å². The minimum absolute atomic E-state index is 0.0492. The van der Waals surface area contributed by atoms with E-state index in [0.717, 1.165) is 37.6 Å². The van der Waals surface area contributed by atoms with Gasteiger partial charge in [-0.1, -0.05) is 18.2 Å². The molecule has 1 fully saturated rings. The molecule has 29 heavy (non-hydrogen) atoms. The summed E-state index contributed by atoms with van der Waals surface area (Å²) in [6.45, 7) is 4.46. The maximum absolute atomic E-state index is 12.4. The Bertz CT molecular complexity index is 1050. The summed E-state index contributed by atoms with van der Waals surface area (Å²) in [5.41, 5.74) is 1.44. The zero-order chi connectivity index (χ0) is 20.2. The summed E-state index contributed by atoms with van der Waals surface area (Å²) in [5, 5.41) is 7.54. The molecule has 0 spiro atoms. The molecule has 1 aliphatic rings. The number of aromatic nitrogens is 3. The highest BCUT2D eigenvalue weighted by Gasteiger charge is 2.15. The first kappa shape index (κ1) is 19.1. The van der Waals surface area contributed by atoms with E-state index in [1.54, 1.807) is 29.1 Å². The van der Waals surface area contributed by atoms with Gasteiger partial charge in [-0.3, -0.25) is 14.3 Å². The largest absolute Gasteiger partial charge is 0.354 e. The number of nitrogens with zero attached hydrogens (tertiary/aromatic N) is 5. The first-order valence-electron chi connectivity index (χ1n) is 9.70. The van der Waals surface area contributed by atoms with Crippen molar-refractivity contribution in [1.29, 1.82) is 0 Å². The second-order valence-corrected chi connectivity index (χ2v) is 7.28. The third kappa shape index (κ3) is 4.43. The van der Waals surface area contributed by atoms with Gasteiger partial charge in [-0.05, 0) is 30.8 Å². The molecule has 3 aromatic rings. The lowest BCUT2D eigenvalue weighted by atomic mass is 10.2. The molecule has 0 bridgehead atoms. The number of carbonyl (C=O) groups excluding carboxylic acids is 1. The van der Waals surface area contributed by atoms with Crippen molar-refractivity contribution in [1.82, 2.24) is 25.0 Å². The topological polar surface area (TPSA) is 83.4 Å². The van der Waals surface area contributed by atoms with E-state index in [9.17, 15) is 9.59 Å². The molecular weight excluding hydrogens is 368 g/mol. The number of likely N-dealkylation sites (N-methyl/N-ethyl adjacent to an activating group) is 1. The van der Waals surface area contributed by atoms with Gasteiger partial charge in [0.25, 0.3) is 0 Å². The average Bonchev–Trinajstić information content (AvgIpc) is 2.75. The summed E-state index contributed by atoms with van der Waals surface area (Å²) in [7, 11) is 2.13. The molecule has 1 aromatic carbocycles. The SMILES string of the molecule is CN1CCN(c2ccc(CNC(=O)Cn3ncc(=O)c4ccccc43)cn2)CC1. The van der Waals surface area contributed by atoms with Crippen LogP contribution in [0.2, 0.25) is 0 Å². The maximum Gasteiger partial charge on any atom is 0.242 e. The van der Waals surface area contributed by atoms with Crippen molar-refractivity contribution in [2.24, 2.45) is 0 Å². The van der Waals surface area contributed by atoms with Crippen molar-refractivity contribution >= 4 is 22.6 Å². The molecule has 0 aliphatic carbocycles. The lowest BCUT2D eigenvalue weighted by Crippen LogP contribution is -2.44. The molecule has 1 aliphatic heterocycles. The Balaban J connectivity index is 1.35. The van der Waals surface area contributed by atoms with E-state index >= 15 is 0 Å². The molecule has 3 heterocycles. The molecule has 1 amide bonds. The van der Waals surface area contributed by atoms with Crippen molar-refractivity contribution in [3.8, 4) is 0 Å². The van der Waals surface area contributed by atoms with Gasteiger partial charge in [-0.25, -0.2) is 4.98 Å². The molecule has 0 atom stereocenters. The normalized spacial score (nSPS) is 14.9. The first-order valence-corrected chi connectivity index (χ1v) is 9.70. The average molecular weight is 392 g/mol. The zero-order valence-electron chi connectivity index (χ0n) is 16.4. The van der Waals surface area contributed by atoms with Gasteiger partial charge < -0.3 is 15.1 Å². The quantitative estimate of drug-likeness (QED) is 0.694. The molecule has 8 nitrogen and oxygen atoms in total. The van der Waals surface area contributed by atoms with Crippen LogP contribution in [0.4, 0.5) is 5.82 Å². The monoisotopic (exact) mass is 392 g/mol. The van der Waals surface area contributed by atoms with Crippen molar-refractivity contribution in [3.63, 3.8) is 0 Å². The number of para-hydroxylation sites is 1. The van der Waals surface area contributed by atoms with Crippen molar-refractivity contribution < 1.29 is 4.79 Å². The van der Waals surface area contributed by atoms with E-state index in [1.807, 2.05) is 18.2 Å². The predicted molar refractivity (Wildman–Crippen MR) is 112 cm³/mol. The number of fused-ring (bicyclic) bond motifs is 1. The van der Waals surface area contributed by atoms with Crippen LogP contribution in [0.3, 0.4) is 0 Å². The molecule has 0 radical (unpaired) electrons. The molecule has 150 valence electrons. The Morgan fingerprint density at radius 2 is 1.86 bits per heavy atom. The Labute approximate surface area is 168 Å². The number of nitrogens with one attached hydrogen (secondary N) is 1. The van der Waals surface area contributed by atoms with Crippen LogP contribution in [0.15, 0.2) is 53.6 Å². The van der Waals surface area contributed by atoms with Crippen LogP contribution < -0.4 is 15.6 Å². The van der Waals surface area contributed by atoms with Crippen molar-refractivity contribution in [2.75, 3.05) is 38.1 Å². The smallest absolute Gasteiger partial charge is 0.242 e. The highest BCUT2D eigenvalue weighted by Crippen LogP contribution is 2.13. The third-order valence-corrected chi connectivity index (χ3v) is 5.18. The number of rotatable bonds is 5. The minimum Gasteiger partial charge on any atom is -0.354 e. The lowest BCUT2D eigenvalue weighted by molar-refractivity contribution is -0.121. The number of hydrogen-bond acceptors (Lipinski definition) is 6. The first-order chi connectivity index (χ1) is 14.1. The fraction of sp³-hybridized carbons (Fsp3) is 0.333. The van der Waals surface area contributed by atoms with Crippen LogP contribution in [0.5, 0.6) is 0 Å². The summed E-state index contributed by atoms with van der Waals surface area (Å²) in [6.07, 6.45) is 3.05. The predicted octanol–water partition coefficient (Wildman–Crippen LogP) is 0.860. The molecule has 0 unspecified atom stereocenters. The van der Waals surface area contributed by atoms with Gasteiger partial charge in [0.05, 0.1) is 11.7 Å². The van der Waals surface area contributed by atoms with Crippen LogP contribution in [0.25, 0.3) is 10.9 Å². The molecular formula is C21H24N6O2. The fourth-order valence-electron chi connectivity index (χ4n) is 3.42. The third-order valence-electron chi connectivity index (χ3n) is 5.18. The summed E-state index contributed by atoms with van der Waals surface area (Å²) < 4.78 is 1.54. The standard InChI is InChI=1S/C21H24N6O2/c1-25-8-10-26(11-9-25)20-7-6-16(12-22-20)13-23-21(29)15-27-18-5-3-2-4-17(18)19(28)14-24-27/h2-7,12,14H,8-11,13,15H2,1H3,(H,23,29). The van der Waals surface area contributed by atoms with Crippen molar-refractivity contribution in [2.45, 2.75) is 13.1 Å². The second kappa shape index (κ2) is 8.40. The van der Waals surface area contributed by atoms with Crippen LogP contribution in [0.1, 0.15) is 5.56 Å². The maximum atomic E-state index is 12.4. The van der Waals surface area contributed by atoms with Gasteiger partial charge in [0.15, 0.2) is 0 Å². The van der Waals surface area contributed by atoms with Gasteiger partial charge >= 0.3 is 0 Å². The highest BCUT2D eigenvalue weighted by atomic mass is 16.2. The van der Waals surface area contributed by atoms with E-state index in [0.29, 0.717) is 17.4 Å². The number of benzene rings is 1. The summed E-state index contributed by atoms with van der Waals surface area (Å²) in [4.78, 5) is 33.4. The number of amides is 1. The molecule has 2 aromatic heterocycles. The van der Waals surface area contributed by atoms with Crippen LogP contribution in [-0.4, -0.2) is 58.8 Å². The molecule has 1 saturated heterocycles. The summed E-state index contributed by atoms with van der Waals surface area (Å²) in [6, 6.07) is 11.1. The van der Waals surface area contributed by atoms with Gasteiger partial charge in [0.1, 0.15) is 12.4 Å². The molecule has 0 saturated carbocycles. The zero-order valence-corrected chi connectivity index (χ0v) is 16.4. The number of hydrogen-bond donors (Lipinski definition) is 1. The summed E-state index contributed by atoms with van der Waals surface area (Å²) in [5.74, 6) is 0.798. The van der Waals surface area contributed by atoms with Crippen LogP contribution in [0, 0.1) is 0 Å². The Kier molecular flexibility index (Phi) is 5.53. The molecule has 4 rings (SSSR count). The van der Waals surface area contributed by atoms with E-state index in [2.05, 4.69) is 32.2 Å². The second-order valence-electron chi connectivity index (χ2n) is 7.28. The Morgan fingerprint density at radius 1 is 1.07 bits per heavy atom. The molecule has 1 N–H and O–H groups in total. The highest BCUT2D eigenvalue weighted by molar-refractivity contribution is 5.81. The lowest BCUT2D eigenvalue weighted by Gasteiger charge is -2.33. The number of carbonyl (C=O) groups is 1. The number of pyridine rings is 1. The van der Waals surface area contributed by atoms with Crippen molar-refractivity contribution in [3.05, 3.63) is 64.6 Å². The van der Waals surface area contributed by atoms with E-state index in [-0.39, 0.29) is 17.9 Å². The minimum atomic E-state index is -0.172. The Hall–Kier alpha value is -3.26. The Morgan fingerprint density at radius 3 is 2.62 bits per heavy atom. The van der Waals surface area contributed by atoms with Gasteiger partial charge in [0, 0.05) is 44.3 Å². The van der Waals surface area contributed by atoms with Gasteiger partial charge in [-0.2, -0.15) is 5.10 Å². The van der Waals surface area contributed by atoms with Gasteiger partial charge in [-0.15, -0.1) is 0 Å².